The molecule has 0 saturated carbocycles. The van der Waals surface area contributed by atoms with Crippen LogP contribution in [0.2, 0.25) is 5.02 Å². The van der Waals surface area contributed by atoms with Crippen LogP contribution in [-0.4, -0.2) is 34.1 Å². The first kappa shape index (κ1) is 24.7. The maximum atomic E-state index is 13.1. The largest absolute Gasteiger partial charge is 0.443 e. The minimum Gasteiger partial charge on any atom is -0.443 e. The molecule has 2 aromatic heterocycles. The lowest BCUT2D eigenvalue weighted by Crippen LogP contribution is -2.27. The van der Waals surface area contributed by atoms with E-state index in [-0.39, 0.29) is 17.8 Å². The molecule has 1 atom stereocenters. The van der Waals surface area contributed by atoms with E-state index in [1.807, 2.05) is 54.4 Å². The van der Waals surface area contributed by atoms with Crippen molar-refractivity contribution >= 4 is 28.6 Å². The van der Waals surface area contributed by atoms with E-state index >= 15 is 0 Å². The van der Waals surface area contributed by atoms with Gasteiger partial charge in [0.15, 0.2) is 5.43 Å². The molecule has 0 bridgehead atoms. The second-order valence-corrected chi connectivity index (χ2v) is 9.17. The Morgan fingerprint density at radius 3 is 2.60 bits per heavy atom. The predicted octanol–water partition coefficient (Wildman–Crippen LogP) is 3.81. The van der Waals surface area contributed by atoms with Crippen molar-refractivity contribution in [3.05, 3.63) is 105 Å². The number of amides is 1. The lowest BCUT2D eigenvalue weighted by Gasteiger charge is -2.19. The third-order valence-corrected chi connectivity index (χ3v) is 6.07. The van der Waals surface area contributed by atoms with E-state index in [1.54, 1.807) is 36.0 Å². The summed E-state index contributed by atoms with van der Waals surface area (Å²) in [4.78, 5) is 27.5. The van der Waals surface area contributed by atoms with E-state index in [2.05, 4.69) is 5.32 Å². The van der Waals surface area contributed by atoms with Gasteiger partial charge in [-0.25, -0.2) is 0 Å². The molecule has 4 aromatic rings. The van der Waals surface area contributed by atoms with Gasteiger partial charge in [0.05, 0.1) is 24.5 Å². The number of nitrogens with zero attached hydrogens (tertiary/aromatic N) is 2. The molecular formula is C27H28ClN3O4. The maximum absolute atomic E-state index is 13.1. The van der Waals surface area contributed by atoms with E-state index in [4.69, 9.17) is 16.0 Å². The van der Waals surface area contributed by atoms with Gasteiger partial charge in [0.25, 0.3) is 0 Å². The van der Waals surface area contributed by atoms with Gasteiger partial charge in [-0.2, -0.15) is 0 Å². The van der Waals surface area contributed by atoms with Crippen LogP contribution < -0.4 is 10.7 Å². The second kappa shape index (κ2) is 10.9. The Morgan fingerprint density at radius 2 is 1.89 bits per heavy atom. The Labute approximate surface area is 208 Å². The van der Waals surface area contributed by atoms with E-state index in [0.717, 1.165) is 11.1 Å². The summed E-state index contributed by atoms with van der Waals surface area (Å²) in [5.74, 6) is 0.370. The molecular weight excluding hydrogens is 466 g/mol. The minimum atomic E-state index is -0.630. The molecule has 0 fully saturated rings. The fourth-order valence-electron chi connectivity index (χ4n) is 4.03. The summed E-state index contributed by atoms with van der Waals surface area (Å²) in [5.41, 5.74) is 2.39. The number of fused-ring (bicyclic) bond motifs is 1. The number of aryl methyl sites for hydroxylation is 1. The molecule has 0 aliphatic carbocycles. The Kier molecular flexibility index (Phi) is 7.70. The van der Waals surface area contributed by atoms with Crippen molar-refractivity contribution < 1.29 is 14.3 Å². The summed E-state index contributed by atoms with van der Waals surface area (Å²) < 4.78 is 7.66. The Morgan fingerprint density at radius 1 is 1.17 bits per heavy atom. The third kappa shape index (κ3) is 6.19. The number of halogens is 1. The van der Waals surface area contributed by atoms with Crippen LogP contribution in [0.15, 0.2) is 76.1 Å². The molecule has 0 spiro atoms. The SMILES string of the molecule is CN(Cc1cc2c(=O)c(CC(=O)NCc3ccc(Cl)cc3)cn(C)c2o1)CC(O)c1ccccc1. The third-order valence-electron chi connectivity index (χ3n) is 5.82. The highest BCUT2D eigenvalue weighted by molar-refractivity contribution is 6.30. The predicted molar refractivity (Wildman–Crippen MR) is 136 cm³/mol. The zero-order valence-corrected chi connectivity index (χ0v) is 20.5. The molecule has 2 heterocycles. The minimum absolute atomic E-state index is 0.0279. The summed E-state index contributed by atoms with van der Waals surface area (Å²) in [6, 6.07) is 18.4. The van der Waals surface area contributed by atoms with Crippen LogP contribution in [0, 0.1) is 0 Å². The molecule has 0 radical (unpaired) electrons. The molecule has 7 nitrogen and oxygen atoms in total. The molecule has 1 unspecified atom stereocenters. The molecule has 4 rings (SSSR count). The van der Waals surface area contributed by atoms with E-state index in [0.29, 0.717) is 47.1 Å². The van der Waals surface area contributed by atoms with Crippen molar-refractivity contribution in [2.75, 3.05) is 13.6 Å². The van der Waals surface area contributed by atoms with Crippen LogP contribution in [-0.2, 0) is 31.4 Å². The number of hydrogen-bond donors (Lipinski definition) is 2. The zero-order chi connectivity index (χ0) is 24.9. The smallest absolute Gasteiger partial charge is 0.224 e. The molecule has 2 aromatic carbocycles. The maximum Gasteiger partial charge on any atom is 0.224 e. The summed E-state index contributed by atoms with van der Waals surface area (Å²) >= 11 is 5.89. The molecule has 0 saturated heterocycles. The van der Waals surface area contributed by atoms with Gasteiger partial charge >= 0.3 is 0 Å². The number of hydrogen-bond acceptors (Lipinski definition) is 5. The summed E-state index contributed by atoms with van der Waals surface area (Å²) in [7, 11) is 3.67. The number of furan rings is 1. The van der Waals surface area contributed by atoms with E-state index in [1.165, 1.54) is 0 Å². The number of benzene rings is 2. The zero-order valence-electron chi connectivity index (χ0n) is 19.7. The number of pyridine rings is 1. The van der Waals surface area contributed by atoms with Crippen LogP contribution >= 0.6 is 11.6 Å². The van der Waals surface area contributed by atoms with Gasteiger partial charge in [0, 0.05) is 36.9 Å². The van der Waals surface area contributed by atoms with Gasteiger partial charge in [-0.1, -0.05) is 54.1 Å². The number of aromatic nitrogens is 1. The number of rotatable bonds is 9. The molecule has 8 heteroatoms. The average molecular weight is 494 g/mol. The van der Waals surface area contributed by atoms with E-state index in [9.17, 15) is 14.7 Å². The molecule has 35 heavy (non-hydrogen) atoms. The van der Waals surface area contributed by atoms with E-state index < -0.39 is 6.10 Å². The highest BCUT2D eigenvalue weighted by Gasteiger charge is 2.17. The van der Waals surface area contributed by atoms with Crippen LogP contribution in [0.3, 0.4) is 0 Å². The van der Waals surface area contributed by atoms with Crippen LogP contribution in [0.4, 0.5) is 0 Å². The lowest BCUT2D eigenvalue weighted by molar-refractivity contribution is -0.120. The van der Waals surface area contributed by atoms with Gasteiger partial charge in [-0.3, -0.25) is 14.5 Å². The quantitative estimate of drug-likeness (QED) is 0.370. The molecule has 182 valence electrons. The fourth-order valence-corrected chi connectivity index (χ4v) is 4.15. The highest BCUT2D eigenvalue weighted by atomic mass is 35.5. The highest BCUT2D eigenvalue weighted by Crippen LogP contribution is 2.20. The number of aliphatic hydroxyl groups is 1. The van der Waals surface area contributed by atoms with Crippen molar-refractivity contribution in [1.29, 1.82) is 0 Å². The number of carbonyl (C=O) groups is 1. The van der Waals surface area contributed by atoms with Gasteiger partial charge in [-0.05, 0) is 36.4 Å². The Balaban J connectivity index is 1.43. The van der Waals surface area contributed by atoms with Crippen LogP contribution in [0.5, 0.6) is 0 Å². The first-order valence-corrected chi connectivity index (χ1v) is 11.7. The molecule has 0 aliphatic heterocycles. The summed E-state index contributed by atoms with van der Waals surface area (Å²) in [5, 5.41) is 14.4. The second-order valence-electron chi connectivity index (χ2n) is 8.73. The van der Waals surface area contributed by atoms with Gasteiger partial charge in [-0.15, -0.1) is 0 Å². The fraction of sp³-hybridized carbons (Fsp3) is 0.259. The van der Waals surface area contributed by atoms with Crippen molar-refractivity contribution in [3.8, 4) is 0 Å². The topological polar surface area (TPSA) is 87.7 Å². The van der Waals surface area contributed by atoms with Gasteiger partial charge < -0.3 is 19.4 Å². The van der Waals surface area contributed by atoms with Crippen LogP contribution in [0.25, 0.3) is 11.1 Å². The molecule has 2 N–H and O–H groups in total. The standard InChI is InChI=1S/C27H28ClN3O4/c1-30(17-24(32)19-6-4-3-5-7-19)16-22-13-23-26(34)20(15-31(2)27(23)35-22)12-25(33)29-14-18-8-10-21(28)11-9-18/h3-11,13,15,24,32H,12,14,16-17H2,1-2H3,(H,29,33). The molecule has 0 aliphatic rings. The van der Waals surface area contributed by atoms with Crippen molar-refractivity contribution in [2.45, 2.75) is 25.6 Å². The number of likely N-dealkylation sites (N-methyl/N-ethyl adjacent to an activating group) is 1. The Bertz CT molecular complexity index is 1360. The van der Waals surface area contributed by atoms with Gasteiger partial charge in [0.2, 0.25) is 11.6 Å². The van der Waals surface area contributed by atoms with Gasteiger partial charge in [0.1, 0.15) is 5.76 Å². The number of carbonyl (C=O) groups excluding carboxylic acids is 1. The first-order chi connectivity index (χ1) is 16.8. The van der Waals surface area contributed by atoms with Crippen molar-refractivity contribution in [3.63, 3.8) is 0 Å². The monoisotopic (exact) mass is 493 g/mol. The summed E-state index contributed by atoms with van der Waals surface area (Å²) in [6.07, 6.45) is 0.984. The number of aliphatic hydroxyl groups excluding tert-OH is 1. The molecule has 1 amide bonds. The number of nitrogens with one attached hydrogen (secondary N) is 1. The summed E-state index contributed by atoms with van der Waals surface area (Å²) in [6.45, 7) is 1.20. The van der Waals surface area contributed by atoms with Crippen molar-refractivity contribution in [2.24, 2.45) is 7.05 Å². The Hall–Kier alpha value is -3.39. The normalized spacial score (nSPS) is 12.3. The average Bonchev–Trinajstić information content (AvgIpc) is 3.27. The lowest BCUT2D eigenvalue weighted by atomic mass is 10.1. The van der Waals surface area contributed by atoms with Crippen molar-refractivity contribution in [1.82, 2.24) is 14.8 Å². The first-order valence-electron chi connectivity index (χ1n) is 11.3. The van der Waals surface area contributed by atoms with Crippen LogP contribution in [0.1, 0.15) is 28.6 Å².